The highest BCUT2D eigenvalue weighted by molar-refractivity contribution is 4.91. The third-order valence-electron chi connectivity index (χ3n) is 2.70. The van der Waals surface area contributed by atoms with E-state index in [1.165, 1.54) is 0 Å². The van der Waals surface area contributed by atoms with Crippen LogP contribution in [-0.2, 0) is 18.2 Å². The highest BCUT2D eigenvalue weighted by Crippen LogP contribution is 2.06. The number of nitrogens with zero attached hydrogens (tertiary/aromatic N) is 2. The Morgan fingerprint density at radius 3 is 2.87 bits per heavy atom. The number of methoxy groups -OCH3 is 1. The maximum absolute atomic E-state index is 6.00. The van der Waals surface area contributed by atoms with Gasteiger partial charge in [-0.1, -0.05) is 0 Å². The molecule has 0 aliphatic rings. The minimum absolute atomic E-state index is 0.191. The van der Waals surface area contributed by atoms with Crippen molar-refractivity contribution in [3.8, 4) is 0 Å². The van der Waals surface area contributed by atoms with Crippen molar-refractivity contribution in [1.29, 1.82) is 0 Å². The number of rotatable bonds is 6. The van der Waals surface area contributed by atoms with Gasteiger partial charge in [0.25, 0.3) is 0 Å². The summed E-state index contributed by atoms with van der Waals surface area (Å²) in [5, 5.41) is 0. The van der Waals surface area contributed by atoms with E-state index in [0.29, 0.717) is 0 Å². The lowest BCUT2D eigenvalue weighted by Gasteiger charge is -2.15. The molecule has 86 valence electrons. The predicted octanol–water partition coefficient (Wildman–Crippen LogP) is 1.10. The van der Waals surface area contributed by atoms with E-state index in [1.807, 2.05) is 30.9 Å². The van der Waals surface area contributed by atoms with Crippen LogP contribution in [0.2, 0.25) is 0 Å². The summed E-state index contributed by atoms with van der Waals surface area (Å²) < 4.78 is 7.21. The molecule has 0 fully saturated rings. The zero-order chi connectivity index (χ0) is 11.3. The number of aromatic nitrogens is 2. The smallest absolute Gasteiger partial charge is 0.108 e. The monoisotopic (exact) mass is 211 g/mol. The fraction of sp³-hybridized carbons (Fsp3) is 0.727. The molecule has 4 nitrogen and oxygen atoms in total. The summed E-state index contributed by atoms with van der Waals surface area (Å²) in [6.07, 6.45) is 6.80. The number of imidazole rings is 1. The van der Waals surface area contributed by atoms with Crippen LogP contribution in [0.4, 0.5) is 0 Å². The molecule has 0 aliphatic heterocycles. The third kappa shape index (κ3) is 4.01. The highest BCUT2D eigenvalue weighted by Gasteiger charge is 2.09. The summed E-state index contributed by atoms with van der Waals surface area (Å²) in [6, 6.07) is 0.191. The average molecular weight is 211 g/mol. The molecular formula is C11H21N3O. The Kier molecular flexibility index (Phi) is 4.78. The average Bonchev–Trinajstić information content (AvgIpc) is 2.61. The number of nitrogens with two attached hydrogens (primary N) is 1. The molecule has 15 heavy (non-hydrogen) atoms. The third-order valence-corrected chi connectivity index (χ3v) is 2.70. The van der Waals surface area contributed by atoms with Gasteiger partial charge in [0, 0.05) is 39.0 Å². The van der Waals surface area contributed by atoms with Crippen molar-refractivity contribution in [2.24, 2.45) is 12.8 Å². The van der Waals surface area contributed by atoms with E-state index in [1.54, 1.807) is 7.11 Å². The SMILES string of the molecule is COC(C)CC(N)CCc1nccn1C. The number of hydrogen-bond donors (Lipinski definition) is 1. The lowest BCUT2D eigenvalue weighted by molar-refractivity contribution is 0.104. The van der Waals surface area contributed by atoms with Gasteiger partial charge in [0.15, 0.2) is 0 Å². The molecule has 0 aliphatic carbocycles. The summed E-state index contributed by atoms with van der Waals surface area (Å²) in [7, 11) is 3.72. The van der Waals surface area contributed by atoms with E-state index < -0.39 is 0 Å². The molecule has 0 aromatic carbocycles. The van der Waals surface area contributed by atoms with Crippen molar-refractivity contribution >= 4 is 0 Å². The quantitative estimate of drug-likeness (QED) is 0.766. The first-order valence-corrected chi connectivity index (χ1v) is 5.38. The van der Waals surface area contributed by atoms with Crippen molar-refractivity contribution in [2.75, 3.05) is 7.11 Å². The minimum atomic E-state index is 0.191. The molecule has 0 radical (unpaired) electrons. The van der Waals surface area contributed by atoms with Gasteiger partial charge in [0.2, 0.25) is 0 Å². The molecule has 0 amide bonds. The molecule has 1 rings (SSSR count). The largest absolute Gasteiger partial charge is 0.382 e. The maximum Gasteiger partial charge on any atom is 0.108 e. The number of aryl methyl sites for hydroxylation is 2. The van der Waals surface area contributed by atoms with Gasteiger partial charge in [-0.2, -0.15) is 0 Å². The van der Waals surface area contributed by atoms with Gasteiger partial charge in [0.05, 0.1) is 6.10 Å². The van der Waals surface area contributed by atoms with E-state index in [4.69, 9.17) is 10.5 Å². The predicted molar refractivity (Wildman–Crippen MR) is 60.6 cm³/mol. The van der Waals surface area contributed by atoms with Crippen molar-refractivity contribution < 1.29 is 4.74 Å². The van der Waals surface area contributed by atoms with E-state index >= 15 is 0 Å². The second kappa shape index (κ2) is 5.88. The van der Waals surface area contributed by atoms with Gasteiger partial charge in [-0.25, -0.2) is 4.98 Å². The second-order valence-corrected chi connectivity index (χ2v) is 4.04. The molecular weight excluding hydrogens is 190 g/mol. The maximum atomic E-state index is 6.00. The highest BCUT2D eigenvalue weighted by atomic mass is 16.5. The molecule has 1 aromatic rings. The molecule has 4 heteroatoms. The first-order chi connectivity index (χ1) is 7.13. The molecule has 2 N–H and O–H groups in total. The van der Waals surface area contributed by atoms with E-state index in [-0.39, 0.29) is 12.1 Å². The summed E-state index contributed by atoms with van der Waals surface area (Å²) in [6.45, 7) is 2.04. The Morgan fingerprint density at radius 1 is 1.60 bits per heavy atom. The van der Waals surface area contributed by atoms with Crippen LogP contribution in [0, 0.1) is 0 Å². The van der Waals surface area contributed by atoms with Crippen molar-refractivity contribution in [1.82, 2.24) is 9.55 Å². The second-order valence-electron chi connectivity index (χ2n) is 4.04. The van der Waals surface area contributed by atoms with E-state index in [0.717, 1.165) is 25.1 Å². The van der Waals surface area contributed by atoms with E-state index in [2.05, 4.69) is 4.98 Å². The molecule has 0 saturated heterocycles. The van der Waals surface area contributed by atoms with Crippen LogP contribution in [0.15, 0.2) is 12.4 Å². The van der Waals surface area contributed by atoms with Gasteiger partial charge >= 0.3 is 0 Å². The number of hydrogen-bond acceptors (Lipinski definition) is 3. The summed E-state index contributed by atoms with van der Waals surface area (Å²) in [5.41, 5.74) is 6.00. The Balaban J connectivity index is 2.28. The normalized spacial score (nSPS) is 15.2. The minimum Gasteiger partial charge on any atom is -0.382 e. The van der Waals surface area contributed by atoms with Crippen LogP contribution in [0.3, 0.4) is 0 Å². The Hall–Kier alpha value is -0.870. The standard InChI is InChI=1S/C11H21N3O/c1-9(15-3)8-10(12)4-5-11-13-6-7-14(11)2/h6-7,9-10H,4-5,8,12H2,1-3H3. The van der Waals surface area contributed by atoms with Crippen LogP contribution < -0.4 is 5.73 Å². The Labute approximate surface area is 91.4 Å². The molecule has 2 atom stereocenters. The van der Waals surface area contributed by atoms with Crippen LogP contribution >= 0.6 is 0 Å². The van der Waals surface area contributed by atoms with Gasteiger partial charge in [0.1, 0.15) is 5.82 Å². The number of ether oxygens (including phenoxy) is 1. The summed E-state index contributed by atoms with van der Waals surface area (Å²) in [5.74, 6) is 1.09. The lowest BCUT2D eigenvalue weighted by Crippen LogP contribution is -2.26. The van der Waals surface area contributed by atoms with Crippen LogP contribution in [-0.4, -0.2) is 28.8 Å². The Morgan fingerprint density at radius 2 is 2.33 bits per heavy atom. The molecule has 1 heterocycles. The summed E-state index contributed by atoms with van der Waals surface area (Å²) in [4.78, 5) is 4.26. The van der Waals surface area contributed by atoms with Crippen molar-refractivity contribution in [2.45, 2.75) is 38.3 Å². The van der Waals surface area contributed by atoms with Gasteiger partial charge in [-0.05, 0) is 19.8 Å². The fourth-order valence-electron chi connectivity index (χ4n) is 1.59. The fourth-order valence-corrected chi connectivity index (χ4v) is 1.59. The zero-order valence-corrected chi connectivity index (χ0v) is 9.81. The summed E-state index contributed by atoms with van der Waals surface area (Å²) >= 11 is 0. The van der Waals surface area contributed by atoms with Crippen molar-refractivity contribution in [3.05, 3.63) is 18.2 Å². The molecule has 0 bridgehead atoms. The first-order valence-electron chi connectivity index (χ1n) is 5.38. The molecule has 2 unspecified atom stereocenters. The van der Waals surface area contributed by atoms with Crippen molar-refractivity contribution in [3.63, 3.8) is 0 Å². The van der Waals surface area contributed by atoms with E-state index in [9.17, 15) is 0 Å². The molecule has 1 aromatic heterocycles. The van der Waals surface area contributed by atoms with Gasteiger partial charge in [-0.15, -0.1) is 0 Å². The zero-order valence-electron chi connectivity index (χ0n) is 9.81. The first kappa shape index (κ1) is 12.2. The van der Waals surface area contributed by atoms with Crippen LogP contribution in [0.1, 0.15) is 25.6 Å². The molecule has 0 saturated carbocycles. The topological polar surface area (TPSA) is 53.1 Å². The van der Waals surface area contributed by atoms with Gasteiger partial charge in [-0.3, -0.25) is 0 Å². The Bertz CT molecular complexity index is 285. The molecule has 0 spiro atoms. The van der Waals surface area contributed by atoms with Crippen LogP contribution in [0.5, 0.6) is 0 Å². The van der Waals surface area contributed by atoms with Gasteiger partial charge < -0.3 is 15.0 Å². The van der Waals surface area contributed by atoms with Crippen LogP contribution in [0.25, 0.3) is 0 Å². The lowest BCUT2D eigenvalue weighted by atomic mass is 10.1.